The van der Waals surface area contributed by atoms with Crippen molar-refractivity contribution in [2.75, 3.05) is 12.3 Å². The van der Waals surface area contributed by atoms with Crippen molar-refractivity contribution in [3.63, 3.8) is 0 Å². The molecule has 0 aliphatic heterocycles. The van der Waals surface area contributed by atoms with Crippen LogP contribution in [0.15, 0.2) is 36.7 Å². The summed E-state index contributed by atoms with van der Waals surface area (Å²) in [5, 5.41) is 9.24. The molecule has 0 amide bonds. The van der Waals surface area contributed by atoms with E-state index in [1.54, 1.807) is 36.7 Å². The van der Waals surface area contributed by atoms with Crippen LogP contribution in [-0.2, 0) is 6.42 Å². The molecule has 0 aliphatic carbocycles. The molecule has 2 aromatic rings. The van der Waals surface area contributed by atoms with Gasteiger partial charge >= 0.3 is 0 Å². The number of phenolic OH excluding ortho intramolecular Hbond substituents is 1. The highest BCUT2D eigenvalue weighted by atomic mass is 16.5. The molecule has 88 valence electrons. The number of hydrogen-bond acceptors (Lipinski definition) is 5. The summed E-state index contributed by atoms with van der Waals surface area (Å²) in [5.74, 6) is 1.49. The average Bonchev–Trinajstić information content (AvgIpc) is 2.32. The minimum Gasteiger partial charge on any atom is -0.508 e. The molecule has 2 rings (SSSR count). The van der Waals surface area contributed by atoms with Gasteiger partial charge in [-0.1, -0.05) is 6.07 Å². The number of benzene rings is 1. The van der Waals surface area contributed by atoms with Crippen LogP contribution in [0.3, 0.4) is 0 Å². The zero-order valence-electron chi connectivity index (χ0n) is 9.21. The third-order valence-electron chi connectivity index (χ3n) is 2.14. The van der Waals surface area contributed by atoms with E-state index in [4.69, 9.17) is 10.5 Å². The van der Waals surface area contributed by atoms with Gasteiger partial charge in [0, 0.05) is 12.5 Å². The number of ether oxygens (including phenoxy) is 1. The van der Waals surface area contributed by atoms with Crippen LogP contribution in [0.25, 0.3) is 0 Å². The van der Waals surface area contributed by atoms with Crippen molar-refractivity contribution >= 4 is 5.69 Å². The monoisotopic (exact) mass is 231 g/mol. The second-order valence-electron chi connectivity index (χ2n) is 3.53. The van der Waals surface area contributed by atoms with Gasteiger partial charge in [-0.3, -0.25) is 0 Å². The van der Waals surface area contributed by atoms with Crippen molar-refractivity contribution < 1.29 is 9.84 Å². The van der Waals surface area contributed by atoms with Crippen molar-refractivity contribution in [2.45, 2.75) is 6.42 Å². The Kier molecular flexibility index (Phi) is 3.40. The molecule has 0 fully saturated rings. The maximum absolute atomic E-state index is 9.24. The first-order chi connectivity index (χ1) is 8.24. The summed E-state index contributed by atoms with van der Waals surface area (Å²) in [6.45, 7) is 0.452. The zero-order valence-corrected chi connectivity index (χ0v) is 9.21. The molecule has 0 saturated carbocycles. The SMILES string of the molecule is Nc1cnc(CCOc2cccc(O)c2)nc1. The second-order valence-corrected chi connectivity index (χ2v) is 3.53. The van der Waals surface area contributed by atoms with E-state index in [9.17, 15) is 5.11 Å². The van der Waals surface area contributed by atoms with Crippen LogP contribution in [0.2, 0.25) is 0 Å². The standard InChI is InChI=1S/C12H13N3O2/c13-9-7-14-12(15-8-9)4-5-17-11-3-1-2-10(16)6-11/h1-3,6-8,16H,4-5,13H2. The lowest BCUT2D eigenvalue weighted by Crippen LogP contribution is -2.05. The maximum atomic E-state index is 9.24. The molecular formula is C12H13N3O2. The van der Waals surface area contributed by atoms with E-state index in [2.05, 4.69) is 9.97 Å². The van der Waals surface area contributed by atoms with Crippen LogP contribution >= 0.6 is 0 Å². The number of aromatic hydroxyl groups is 1. The lowest BCUT2D eigenvalue weighted by atomic mass is 10.3. The van der Waals surface area contributed by atoms with Gasteiger partial charge in [-0.05, 0) is 12.1 Å². The van der Waals surface area contributed by atoms with Crippen molar-refractivity contribution in [2.24, 2.45) is 0 Å². The molecule has 5 heteroatoms. The third-order valence-corrected chi connectivity index (χ3v) is 2.14. The van der Waals surface area contributed by atoms with Crippen LogP contribution in [-0.4, -0.2) is 21.7 Å². The molecule has 17 heavy (non-hydrogen) atoms. The molecular weight excluding hydrogens is 218 g/mol. The summed E-state index contributed by atoms with van der Waals surface area (Å²) in [6.07, 6.45) is 3.73. The maximum Gasteiger partial charge on any atom is 0.131 e. The number of aromatic nitrogens is 2. The van der Waals surface area contributed by atoms with Crippen molar-refractivity contribution in [3.05, 3.63) is 42.5 Å². The Morgan fingerprint density at radius 2 is 2.00 bits per heavy atom. The molecule has 0 atom stereocenters. The number of nitrogens with zero attached hydrogens (tertiary/aromatic N) is 2. The van der Waals surface area contributed by atoms with Gasteiger partial charge in [0.25, 0.3) is 0 Å². The van der Waals surface area contributed by atoms with E-state index in [0.717, 1.165) is 0 Å². The van der Waals surface area contributed by atoms with E-state index in [-0.39, 0.29) is 5.75 Å². The van der Waals surface area contributed by atoms with E-state index < -0.39 is 0 Å². The quantitative estimate of drug-likeness (QED) is 0.830. The molecule has 0 aliphatic rings. The van der Waals surface area contributed by atoms with Gasteiger partial charge in [0.1, 0.15) is 17.3 Å². The van der Waals surface area contributed by atoms with E-state index >= 15 is 0 Å². The molecule has 1 aromatic heterocycles. The number of rotatable bonds is 4. The van der Waals surface area contributed by atoms with Crippen molar-refractivity contribution in [1.29, 1.82) is 0 Å². The minimum atomic E-state index is 0.186. The summed E-state index contributed by atoms with van der Waals surface area (Å²) in [4.78, 5) is 8.12. The Hall–Kier alpha value is -2.30. The molecule has 0 bridgehead atoms. The van der Waals surface area contributed by atoms with Crippen LogP contribution in [0.5, 0.6) is 11.5 Å². The average molecular weight is 231 g/mol. The van der Waals surface area contributed by atoms with Crippen molar-refractivity contribution in [3.8, 4) is 11.5 Å². The van der Waals surface area contributed by atoms with Gasteiger partial charge in [0.2, 0.25) is 0 Å². The van der Waals surface area contributed by atoms with Gasteiger partial charge < -0.3 is 15.6 Å². The van der Waals surface area contributed by atoms with Gasteiger partial charge in [0.05, 0.1) is 24.7 Å². The minimum absolute atomic E-state index is 0.186. The number of nitrogen functional groups attached to an aromatic ring is 1. The number of hydrogen-bond donors (Lipinski definition) is 2. The van der Waals surface area contributed by atoms with Crippen LogP contribution in [0.4, 0.5) is 5.69 Å². The fourth-order valence-electron chi connectivity index (χ4n) is 1.33. The summed E-state index contributed by atoms with van der Waals surface area (Å²) < 4.78 is 5.45. The normalized spacial score (nSPS) is 10.1. The smallest absolute Gasteiger partial charge is 0.131 e. The Morgan fingerprint density at radius 1 is 1.24 bits per heavy atom. The summed E-state index contributed by atoms with van der Waals surface area (Å²) >= 11 is 0. The molecule has 5 nitrogen and oxygen atoms in total. The van der Waals surface area contributed by atoms with Gasteiger partial charge in [-0.15, -0.1) is 0 Å². The van der Waals surface area contributed by atoms with E-state index in [1.165, 1.54) is 0 Å². The highest BCUT2D eigenvalue weighted by molar-refractivity contribution is 5.32. The third kappa shape index (κ3) is 3.34. The second kappa shape index (κ2) is 5.16. The van der Waals surface area contributed by atoms with E-state index in [1.807, 2.05) is 0 Å². The summed E-state index contributed by atoms with van der Waals surface area (Å²) in [5.41, 5.74) is 6.02. The number of nitrogens with two attached hydrogens (primary N) is 1. The topological polar surface area (TPSA) is 81.3 Å². The van der Waals surface area contributed by atoms with Crippen LogP contribution in [0, 0.1) is 0 Å². The highest BCUT2D eigenvalue weighted by Crippen LogP contribution is 2.17. The predicted octanol–water partition coefficient (Wildman–Crippen LogP) is 1.39. The Bertz CT molecular complexity index is 485. The molecule has 0 saturated heterocycles. The lowest BCUT2D eigenvalue weighted by molar-refractivity contribution is 0.317. The largest absolute Gasteiger partial charge is 0.508 e. The zero-order chi connectivity index (χ0) is 12.1. The van der Waals surface area contributed by atoms with Crippen molar-refractivity contribution in [1.82, 2.24) is 9.97 Å². The van der Waals surface area contributed by atoms with E-state index in [0.29, 0.717) is 30.3 Å². The Morgan fingerprint density at radius 3 is 2.71 bits per heavy atom. The lowest BCUT2D eigenvalue weighted by Gasteiger charge is -2.05. The molecule has 0 radical (unpaired) electrons. The summed E-state index contributed by atoms with van der Waals surface area (Å²) in [6, 6.07) is 6.66. The molecule has 1 heterocycles. The Balaban J connectivity index is 1.85. The summed E-state index contributed by atoms with van der Waals surface area (Å²) in [7, 11) is 0. The molecule has 0 spiro atoms. The number of anilines is 1. The fourth-order valence-corrected chi connectivity index (χ4v) is 1.33. The van der Waals surface area contributed by atoms with Gasteiger partial charge in [-0.2, -0.15) is 0 Å². The number of phenols is 1. The highest BCUT2D eigenvalue weighted by Gasteiger charge is 1.98. The fraction of sp³-hybridized carbons (Fsp3) is 0.167. The first kappa shape index (κ1) is 11.2. The molecule has 0 unspecified atom stereocenters. The van der Waals surface area contributed by atoms with Gasteiger partial charge in [-0.25, -0.2) is 9.97 Å². The predicted molar refractivity (Wildman–Crippen MR) is 63.8 cm³/mol. The molecule has 1 aromatic carbocycles. The first-order valence-corrected chi connectivity index (χ1v) is 5.22. The van der Waals surface area contributed by atoms with Crippen LogP contribution < -0.4 is 10.5 Å². The van der Waals surface area contributed by atoms with Gasteiger partial charge in [0.15, 0.2) is 0 Å². The Labute approximate surface area is 98.9 Å². The van der Waals surface area contributed by atoms with Crippen LogP contribution in [0.1, 0.15) is 5.82 Å². The first-order valence-electron chi connectivity index (χ1n) is 5.22. The molecule has 3 N–H and O–H groups in total.